The molecule has 3 rings (SSSR count). The first-order valence-corrected chi connectivity index (χ1v) is 8.36. The number of fused-ring (bicyclic) bond motifs is 1. The lowest BCUT2D eigenvalue weighted by atomic mass is 10.0. The fourth-order valence-electron chi connectivity index (χ4n) is 3.68. The zero-order valence-corrected chi connectivity index (χ0v) is 12.4. The van der Waals surface area contributed by atoms with Crippen LogP contribution in [-0.4, -0.2) is 17.7 Å². The van der Waals surface area contributed by atoms with Crippen LogP contribution in [0.1, 0.15) is 67.7 Å². The molecule has 1 unspecified atom stereocenters. The smallest absolute Gasteiger partial charge is 0.0914 e. The second kappa shape index (κ2) is 6.73. The van der Waals surface area contributed by atoms with Crippen molar-refractivity contribution >= 4 is 0 Å². The maximum absolute atomic E-state index is 10.4. The van der Waals surface area contributed by atoms with E-state index in [-0.39, 0.29) is 6.10 Å². The van der Waals surface area contributed by atoms with Gasteiger partial charge in [-0.15, -0.1) is 0 Å². The summed E-state index contributed by atoms with van der Waals surface area (Å²) in [5, 5.41) is 14.0. The maximum atomic E-state index is 10.4. The van der Waals surface area contributed by atoms with E-state index in [0.717, 1.165) is 5.56 Å². The van der Waals surface area contributed by atoms with Gasteiger partial charge in [-0.2, -0.15) is 0 Å². The third-order valence-electron chi connectivity index (χ3n) is 4.96. The summed E-state index contributed by atoms with van der Waals surface area (Å²) in [5.41, 5.74) is 4.03. The Hall–Kier alpha value is -0.860. The highest BCUT2D eigenvalue weighted by molar-refractivity contribution is 5.36. The Bertz CT molecular complexity index is 435. The number of aryl methyl sites for hydroxylation is 2. The molecule has 1 atom stereocenters. The summed E-state index contributed by atoms with van der Waals surface area (Å²) in [5.74, 6) is 0. The van der Waals surface area contributed by atoms with Crippen LogP contribution in [-0.2, 0) is 12.8 Å². The van der Waals surface area contributed by atoms with Crippen LogP contribution in [0.3, 0.4) is 0 Å². The van der Waals surface area contributed by atoms with E-state index in [9.17, 15) is 5.11 Å². The quantitative estimate of drug-likeness (QED) is 0.823. The molecule has 0 spiro atoms. The molecule has 2 aliphatic rings. The van der Waals surface area contributed by atoms with Gasteiger partial charge in [0.2, 0.25) is 0 Å². The molecule has 1 fully saturated rings. The topological polar surface area (TPSA) is 32.3 Å². The summed E-state index contributed by atoms with van der Waals surface area (Å²) in [6.45, 7) is 0.698. The third kappa shape index (κ3) is 3.42. The van der Waals surface area contributed by atoms with E-state index in [2.05, 4.69) is 23.5 Å². The van der Waals surface area contributed by atoms with Gasteiger partial charge in [-0.1, -0.05) is 43.9 Å². The van der Waals surface area contributed by atoms with Crippen LogP contribution in [0.2, 0.25) is 0 Å². The summed E-state index contributed by atoms with van der Waals surface area (Å²) in [7, 11) is 0. The number of nitrogens with one attached hydrogen (secondary N) is 1. The molecular formula is C18H27NO. The molecule has 20 heavy (non-hydrogen) atoms. The van der Waals surface area contributed by atoms with Crippen molar-refractivity contribution in [2.45, 2.75) is 69.9 Å². The lowest BCUT2D eigenvalue weighted by molar-refractivity contribution is 0.168. The molecule has 2 aliphatic carbocycles. The summed E-state index contributed by atoms with van der Waals surface area (Å²) in [6, 6.07) is 7.17. The van der Waals surface area contributed by atoms with Crippen molar-refractivity contribution in [3.63, 3.8) is 0 Å². The van der Waals surface area contributed by atoms with Crippen molar-refractivity contribution in [2.24, 2.45) is 0 Å². The minimum absolute atomic E-state index is 0.357. The van der Waals surface area contributed by atoms with Crippen LogP contribution >= 0.6 is 0 Å². The molecule has 110 valence electrons. The van der Waals surface area contributed by atoms with Gasteiger partial charge in [-0.25, -0.2) is 0 Å². The number of aliphatic hydroxyl groups is 1. The minimum atomic E-state index is -0.357. The molecule has 1 aromatic rings. The fraction of sp³-hybridized carbons (Fsp3) is 0.667. The fourth-order valence-corrected chi connectivity index (χ4v) is 3.68. The van der Waals surface area contributed by atoms with Gasteiger partial charge in [0.1, 0.15) is 0 Å². The van der Waals surface area contributed by atoms with Crippen molar-refractivity contribution in [1.29, 1.82) is 0 Å². The Morgan fingerprint density at radius 3 is 2.55 bits per heavy atom. The third-order valence-corrected chi connectivity index (χ3v) is 4.96. The summed E-state index contributed by atoms with van der Waals surface area (Å²) in [6.07, 6.45) is 11.3. The highest BCUT2D eigenvalue weighted by Crippen LogP contribution is 2.25. The van der Waals surface area contributed by atoms with E-state index in [1.54, 1.807) is 0 Å². The predicted molar refractivity (Wildman–Crippen MR) is 82.9 cm³/mol. The van der Waals surface area contributed by atoms with E-state index >= 15 is 0 Å². The van der Waals surface area contributed by atoms with E-state index in [1.807, 2.05) is 0 Å². The Kier molecular flexibility index (Phi) is 4.74. The van der Waals surface area contributed by atoms with Crippen LogP contribution in [0.5, 0.6) is 0 Å². The SMILES string of the molecule is OC(CNC1CCCCCC1)c1ccc2c(c1)CCC2. The molecule has 0 bridgehead atoms. The van der Waals surface area contributed by atoms with Gasteiger partial charge < -0.3 is 10.4 Å². The van der Waals surface area contributed by atoms with Crippen molar-refractivity contribution in [3.8, 4) is 0 Å². The molecule has 0 radical (unpaired) electrons. The summed E-state index contributed by atoms with van der Waals surface area (Å²) < 4.78 is 0. The minimum Gasteiger partial charge on any atom is -0.387 e. The van der Waals surface area contributed by atoms with Crippen molar-refractivity contribution in [2.75, 3.05) is 6.54 Å². The molecule has 0 aromatic heterocycles. The van der Waals surface area contributed by atoms with Gasteiger partial charge in [0.25, 0.3) is 0 Å². The molecule has 2 heteroatoms. The average Bonchev–Trinajstić information content (AvgIpc) is 2.78. The molecular weight excluding hydrogens is 246 g/mol. The van der Waals surface area contributed by atoms with Gasteiger partial charge in [-0.05, 0) is 48.8 Å². The van der Waals surface area contributed by atoms with Crippen molar-refractivity contribution in [1.82, 2.24) is 5.32 Å². The molecule has 0 amide bonds. The molecule has 1 aromatic carbocycles. The number of hydrogen-bond donors (Lipinski definition) is 2. The monoisotopic (exact) mass is 273 g/mol. The lowest BCUT2D eigenvalue weighted by Crippen LogP contribution is -2.32. The zero-order chi connectivity index (χ0) is 13.8. The molecule has 0 heterocycles. The zero-order valence-electron chi connectivity index (χ0n) is 12.4. The lowest BCUT2D eigenvalue weighted by Gasteiger charge is -2.19. The van der Waals surface area contributed by atoms with Crippen molar-refractivity contribution in [3.05, 3.63) is 34.9 Å². The van der Waals surface area contributed by atoms with E-state index < -0.39 is 0 Å². The number of hydrogen-bond acceptors (Lipinski definition) is 2. The molecule has 2 nitrogen and oxygen atoms in total. The molecule has 0 saturated heterocycles. The van der Waals surface area contributed by atoms with Crippen LogP contribution in [0.4, 0.5) is 0 Å². The Labute approximate surface area is 122 Å². The van der Waals surface area contributed by atoms with Gasteiger partial charge in [-0.3, -0.25) is 0 Å². The Morgan fingerprint density at radius 2 is 1.75 bits per heavy atom. The van der Waals surface area contributed by atoms with E-state index in [4.69, 9.17) is 0 Å². The molecule has 2 N–H and O–H groups in total. The summed E-state index contributed by atoms with van der Waals surface area (Å²) >= 11 is 0. The number of benzene rings is 1. The largest absolute Gasteiger partial charge is 0.387 e. The van der Waals surface area contributed by atoms with Gasteiger partial charge in [0.15, 0.2) is 0 Å². The Morgan fingerprint density at radius 1 is 1.00 bits per heavy atom. The first kappa shape index (κ1) is 14.1. The van der Waals surface area contributed by atoms with E-state index in [1.165, 1.54) is 68.9 Å². The summed E-state index contributed by atoms with van der Waals surface area (Å²) in [4.78, 5) is 0. The molecule has 0 aliphatic heterocycles. The second-order valence-corrected chi connectivity index (χ2v) is 6.49. The van der Waals surface area contributed by atoms with Crippen LogP contribution < -0.4 is 5.32 Å². The maximum Gasteiger partial charge on any atom is 0.0914 e. The standard InChI is InChI=1S/C18H27NO/c20-18(13-19-17-8-3-1-2-4-9-17)16-11-10-14-6-5-7-15(14)12-16/h10-12,17-20H,1-9,13H2. The first-order valence-electron chi connectivity index (χ1n) is 8.36. The van der Waals surface area contributed by atoms with Crippen molar-refractivity contribution < 1.29 is 5.11 Å². The van der Waals surface area contributed by atoms with Crippen LogP contribution in [0.15, 0.2) is 18.2 Å². The normalized spacial score (nSPS) is 21.4. The number of rotatable bonds is 4. The molecule has 1 saturated carbocycles. The van der Waals surface area contributed by atoms with Crippen LogP contribution in [0.25, 0.3) is 0 Å². The van der Waals surface area contributed by atoms with Gasteiger partial charge >= 0.3 is 0 Å². The second-order valence-electron chi connectivity index (χ2n) is 6.49. The average molecular weight is 273 g/mol. The van der Waals surface area contributed by atoms with Gasteiger partial charge in [0, 0.05) is 12.6 Å². The first-order chi connectivity index (χ1) is 9.83. The highest BCUT2D eigenvalue weighted by atomic mass is 16.3. The van der Waals surface area contributed by atoms with E-state index in [0.29, 0.717) is 12.6 Å². The Balaban J connectivity index is 1.54. The van der Waals surface area contributed by atoms with Gasteiger partial charge in [0.05, 0.1) is 6.10 Å². The van der Waals surface area contributed by atoms with Crippen LogP contribution in [0, 0.1) is 0 Å². The predicted octanol–water partition coefficient (Wildman–Crippen LogP) is 3.52. The number of aliphatic hydroxyl groups excluding tert-OH is 1. The highest BCUT2D eigenvalue weighted by Gasteiger charge is 2.16.